The smallest absolute Gasteiger partial charge is 0.319 e. The molecular weight excluding hydrogens is 370 g/mol. The topological polar surface area (TPSA) is 77.8 Å². The van der Waals surface area contributed by atoms with Crippen LogP contribution >= 0.6 is 0 Å². The largest absolute Gasteiger partial charge is 0.492 e. The van der Waals surface area contributed by atoms with Crippen LogP contribution in [0, 0.1) is 17.2 Å². The van der Waals surface area contributed by atoms with Gasteiger partial charge >= 0.3 is 5.97 Å². The number of carbonyl (C=O) groups is 1. The summed E-state index contributed by atoms with van der Waals surface area (Å²) in [5.74, 6) is -0.0277. The van der Waals surface area contributed by atoms with E-state index in [-0.39, 0.29) is 6.29 Å². The Bertz CT molecular complexity index is 662. The van der Waals surface area contributed by atoms with Gasteiger partial charge < -0.3 is 18.9 Å². The molecule has 0 radical (unpaired) electrons. The number of nitriles is 1. The number of carbonyl (C=O) groups excluding carboxylic acids is 1. The third-order valence-corrected chi connectivity index (χ3v) is 4.89. The van der Waals surface area contributed by atoms with Crippen LogP contribution in [0.15, 0.2) is 18.2 Å². The standard InChI is InChI=1S/C23H33NO5/c1-3-5-7-8-10-22-27-16-19(17-28-22)23(25)29-20-11-12-21(18(14-20)15-24)26-13-9-6-4-2/h11-12,14,19,22H,3-10,13,16-17H2,1-2H3. The molecule has 160 valence electrons. The number of nitrogens with zero attached hydrogens (tertiary/aromatic N) is 1. The Morgan fingerprint density at radius 2 is 1.83 bits per heavy atom. The van der Waals surface area contributed by atoms with Gasteiger partial charge in [0.1, 0.15) is 23.5 Å². The zero-order valence-electron chi connectivity index (χ0n) is 17.7. The molecule has 0 bridgehead atoms. The van der Waals surface area contributed by atoms with Crippen LogP contribution in [0.25, 0.3) is 0 Å². The summed E-state index contributed by atoms with van der Waals surface area (Å²) in [5, 5.41) is 9.35. The molecule has 1 fully saturated rings. The Balaban J connectivity index is 1.79. The highest BCUT2D eigenvalue weighted by Gasteiger charge is 2.29. The fourth-order valence-electron chi connectivity index (χ4n) is 3.10. The Morgan fingerprint density at radius 1 is 1.10 bits per heavy atom. The molecule has 6 nitrogen and oxygen atoms in total. The molecule has 0 amide bonds. The van der Waals surface area contributed by atoms with Crippen molar-refractivity contribution in [2.75, 3.05) is 19.8 Å². The lowest BCUT2D eigenvalue weighted by Gasteiger charge is -2.28. The molecule has 0 unspecified atom stereocenters. The van der Waals surface area contributed by atoms with Crippen LogP contribution in [0.4, 0.5) is 0 Å². The summed E-state index contributed by atoms with van der Waals surface area (Å²) >= 11 is 0. The monoisotopic (exact) mass is 403 g/mol. The maximum atomic E-state index is 12.4. The summed E-state index contributed by atoms with van der Waals surface area (Å²) in [6, 6.07) is 6.96. The Labute approximate surface area is 174 Å². The molecule has 0 aliphatic carbocycles. The van der Waals surface area contributed by atoms with Crippen molar-refractivity contribution in [1.29, 1.82) is 5.26 Å². The summed E-state index contributed by atoms with van der Waals surface area (Å²) < 4.78 is 22.4. The normalized spacial score (nSPS) is 18.8. The molecule has 1 heterocycles. The number of ether oxygens (including phenoxy) is 4. The van der Waals surface area contributed by atoms with Crippen molar-refractivity contribution in [3.05, 3.63) is 23.8 Å². The van der Waals surface area contributed by atoms with Gasteiger partial charge in [0.05, 0.1) is 25.4 Å². The number of hydrogen-bond acceptors (Lipinski definition) is 6. The van der Waals surface area contributed by atoms with Gasteiger partial charge in [0.25, 0.3) is 0 Å². The average Bonchev–Trinajstić information content (AvgIpc) is 2.75. The van der Waals surface area contributed by atoms with E-state index in [1.807, 2.05) is 0 Å². The number of benzene rings is 1. The van der Waals surface area contributed by atoms with Crippen LogP contribution in [-0.2, 0) is 14.3 Å². The van der Waals surface area contributed by atoms with E-state index in [0.29, 0.717) is 36.9 Å². The van der Waals surface area contributed by atoms with Crippen molar-refractivity contribution in [1.82, 2.24) is 0 Å². The second-order valence-corrected chi connectivity index (χ2v) is 7.39. The molecule has 1 aliphatic heterocycles. The lowest BCUT2D eigenvalue weighted by molar-refractivity contribution is -0.208. The van der Waals surface area contributed by atoms with E-state index in [0.717, 1.165) is 32.1 Å². The van der Waals surface area contributed by atoms with Gasteiger partial charge in [-0.05, 0) is 31.4 Å². The van der Waals surface area contributed by atoms with Crippen molar-refractivity contribution in [2.45, 2.75) is 71.5 Å². The predicted octanol–water partition coefficient (Wildman–Crippen LogP) is 4.99. The molecule has 29 heavy (non-hydrogen) atoms. The first-order chi connectivity index (χ1) is 14.2. The van der Waals surface area contributed by atoms with E-state index in [4.69, 9.17) is 18.9 Å². The molecule has 0 atom stereocenters. The number of unbranched alkanes of at least 4 members (excludes halogenated alkanes) is 5. The fraction of sp³-hybridized carbons (Fsp3) is 0.652. The quantitative estimate of drug-likeness (QED) is 0.278. The van der Waals surface area contributed by atoms with E-state index in [1.54, 1.807) is 12.1 Å². The van der Waals surface area contributed by atoms with Crippen molar-refractivity contribution in [2.24, 2.45) is 5.92 Å². The van der Waals surface area contributed by atoms with E-state index in [2.05, 4.69) is 19.9 Å². The highest BCUT2D eigenvalue weighted by molar-refractivity contribution is 5.75. The maximum absolute atomic E-state index is 12.4. The van der Waals surface area contributed by atoms with Crippen molar-refractivity contribution >= 4 is 5.97 Å². The molecule has 1 aromatic carbocycles. The lowest BCUT2D eigenvalue weighted by Crippen LogP contribution is -2.38. The van der Waals surface area contributed by atoms with Crippen LogP contribution in [0.1, 0.15) is 70.8 Å². The molecule has 1 aromatic rings. The zero-order chi connectivity index (χ0) is 20.9. The molecule has 1 saturated heterocycles. The molecule has 0 aromatic heterocycles. The zero-order valence-corrected chi connectivity index (χ0v) is 17.7. The average molecular weight is 404 g/mol. The summed E-state index contributed by atoms with van der Waals surface area (Å²) in [4.78, 5) is 12.4. The third kappa shape index (κ3) is 8.04. The SMILES string of the molecule is CCCCCCC1OCC(C(=O)Oc2ccc(OCCCCC)c(C#N)c2)CO1. The van der Waals surface area contributed by atoms with Crippen LogP contribution in [0.2, 0.25) is 0 Å². The Hall–Kier alpha value is -2.10. The highest BCUT2D eigenvalue weighted by atomic mass is 16.7. The summed E-state index contributed by atoms with van der Waals surface area (Å²) in [6.07, 6.45) is 8.41. The van der Waals surface area contributed by atoms with Crippen LogP contribution in [0.3, 0.4) is 0 Å². The van der Waals surface area contributed by atoms with Crippen LogP contribution in [-0.4, -0.2) is 32.1 Å². The first-order valence-electron chi connectivity index (χ1n) is 10.8. The number of esters is 1. The van der Waals surface area contributed by atoms with E-state index in [9.17, 15) is 10.1 Å². The van der Waals surface area contributed by atoms with Crippen molar-refractivity contribution < 1.29 is 23.7 Å². The van der Waals surface area contributed by atoms with Gasteiger partial charge in [-0.25, -0.2) is 0 Å². The van der Waals surface area contributed by atoms with Gasteiger partial charge in [0, 0.05) is 6.07 Å². The van der Waals surface area contributed by atoms with Crippen molar-refractivity contribution in [3.63, 3.8) is 0 Å². The van der Waals surface area contributed by atoms with Gasteiger partial charge in [0.2, 0.25) is 0 Å². The molecule has 6 heteroatoms. The molecule has 0 N–H and O–H groups in total. The molecule has 0 saturated carbocycles. The van der Waals surface area contributed by atoms with Crippen molar-refractivity contribution in [3.8, 4) is 17.6 Å². The second kappa shape index (κ2) is 13.2. The highest BCUT2D eigenvalue weighted by Crippen LogP contribution is 2.25. The summed E-state index contributed by atoms with van der Waals surface area (Å²) in [5.41, 5.74) is 0.357. The van der Waals surface area contributed by atoms with Crippen LogP contribution in [0.5, 0.6) is 11.5 Å². The number of hydrogen-bond donors (Lipinski definition) is 0. The molecule has 2 rings (SSSR count). The van der Waals surface area contributed by atoms with Gasteiger partial charge in [-0.2, -0.15) is 5.26 Å². The summed E-state index contributed by atoms with van der Waals surface area (Å²) in [6.45, 7) is 5.46. The van der Waals surface area contributed by atoms with Gasteiger partial charge in [-0.1, -0.05) is 46.0 Å². The Morgan fingerprint density at radius 3 is 2.52 bits per heavy atom. The maximum Gasteiger partial charge on any atom is 0.319 e. The van der Waals surface area contributed by atoms with E-state index >= 15 is 0 Å². The van der Waals surface area contributed by atoms with E-state index < -0.39 is 11.9 Å². The minimum absolute atomic E-state index is 0.231. The Kier molecular flexibility index (Phi) is 10.5. The minimum atomic E-state index is -0.461. The predicted molar refractivity (Wildman–Crippen MR) is 110 cm³/mol. The first-order valence-corrected chi connectivity index (χ1v) is 10.8. The van der Waals surface area contributed by atoms with Gasteiger partial charge in [0.15, 0.2) is 6.29 Å². The van der Waals surface area contributed by atoms with Gasteiger partial charge in [-0.3, -0.25) is 4.79 Å². The van der Waals surface area contributed by atoms with Crippen LogP contribution < -0.4 is 9.47 Å². The minimum Gasteiger partial charge on any atom is -0.492 e. The van der Waals surface area contributed by atoms with Gasteiger partial charge in [-0.15, -0.1) is 0 Å². The first kappa shape index (κ1) is 23.2. The number of rotatable bonds is 12. The lowest BCUT2D eigenvalue weighted by atomic mass is 10.1. The molecule has 0 spiro atoms. The second-order valence-electron chi connectivity index (χ2n) is 7.39. The molecular formula is C23H33NO5. The third-order valence-electron chi connectivity index (χ3n) is 4.89. The molecule has 1 aliphatic rings. The fourth-order valence-corrected chi connectivity index (χ4v) is 3.10. The summed E-state index contributed by atoms with van der Waals surface area (Å²) in [7, 11) is 0. The van der Waals surface area contributed by atoms with E-state index in [1.165, 1.54) is 25.3 Å².